The third kappa shape index (κ3) is 2.42. The molecule has 1 aliphatic heterocycles. The van der Waals surface area contributed by atoms with Crippen LogP contribution in [0.5, 0.6) is 0 Å². The summed E-state index contributed by atoms with van der Waals surface area (Å²) >= 11 is 0. The molecule has 0 aromatic heterocycles. The summed E-state index contributed by atoms with van der Waals surface area (Å²) in [7, 11) is 0. The van der Waals surface area contributed by atoms with E-state index in [9.17, 15) is 9.18 Å². The predicted octanol–water partition coefficient (Wildman–Crippen LogP) is 1.26. The highest BCUT2D eigenvalue weighted by Crippen LogP contribution is 2.11. The van der Waals surface area contributed by atoms with Crippen LogP contribution in [0, 0.1) is 5.82 Å². The molecule has 5 heteroatoms. The Labute approximate surface area is 93.4 Å². The normalized spacial score (nSPS) is 15.1. The molecule has 0 unspecified atom stereocenters. The van der Waals surface area contributed by atoms with E-state index in [0.717, 1.165) is 6.54 Å². The van der Waals surface area contributed by atoms with Gasteiger partial charge in [0.05, 0.1) is 5.69 Å². The highest BCUT2D eigenvalue weighted by Gasteiger charge is 2.18. The fourth-order valence-corrected chi connectivity index (χ4v) is 1.65. The first kappa shape index (κ1) is 10.7. The van der Waals surface area contributed by atoms with E-state index < -0.39 is 0 Å². The molecule has 0 bridgehead atoms. The maximum atomic E-state index is 13.2. The molecule has 86 valence electrons. The number of carbonyl (C=O) groups excluding carboxylic acids is 1. The monoisotopic (exact) mass is 223 g/mol. The van der Waals surface area contributed by atoms with E-state index in [1.54, 1.807) is 23.1 Å². The zero-order chi connectivity index (χ0) is 11.4. The molecule has 16 heavy (non-hydrogen) atoms. The van der Waals surface area contributed by atoms with Gasteiger partial charge in [0.2, 0.25) is 0 Å². The Bertz CT molecular complexity index is 383. The van der Waals surface area contributed by atoms with Crippen LogP contribution in [-0.4, -0.2) is 37.1 Å². The van der Waals surface area contributed by atoms with Gasteiger partial charge in [0, 0.05) is 26.2 Å². The molecule has 2 N–H and O–H groups in total. The fourth-order valence-electron chi connectivity index (χ4n) is 1.65. The van der Waals surface area contributed by atoms with Gasteiger partial charge in [0.1, 0.15) is 5.82 Å². The third-order valence-electron chi connectivity index (χ3n) is 2.52. The summed E-state index contributed by atoms with van der Waals surface area (Å²) in [5.41, 5.74) is 0.474. The molecule has 1 fully saturated rings. The van der Waals surface area contributed by atoms with Crippen molar-refractivity contribution < 1.29 is 9.18 Å². The lowest BCUT2D eigenvalue weighted by atomic mass is 10.3. The number of hydrogen-bond donors (Lipinski definition) is 2. The molecule has 1 aromatic carbocycles. The summed E-state index contributed by atoms with van der Waals surface area (Å²) < 4.78 is 13.2. The number of nitrogens with one attached hydrogen (secondary N) is 2. The van der Waals surface area contributed by atoms with Crippen LogP contribution in [0.3, 0.4) is 0 Å². The number of anilines is 1. The van der Waals surface area contributed by atoms with Crippen LogP contribution in [0.1, 0.15) is 0 Å². The lowest BCUT2D eigenvalue weighted by Crippen LogP contribution is -2.32. The summed E-state index contributed by atoms with van der Waals surface area (Å²) in [5, 5.41) is 5.68. The molecule has 1 heterocycles. The van der Waals surface area contributed by atoms with Gasteiger partial charge >= 0.3 is 6.03 Å². The summed E-state index contributed by atoms with van der Waals surface area (Å²) in [6, 6.07) is 6.46. The van der Waals surface area contributed by atoms with Crippen molar-refractivity contribution in [2.24, 2.45) is 0 Å². The Balaban J connectivity index is 1.80. The molecule has 0 saturated carbocycles. The lowest BCUT2D eigenvalue weighted by Gasteiger charge is -2.15. The Morgan fingerprint density at radius 1 is 1.44 bits per heavy atom. The van der Waals surface area contributed by atoms with Crippen molar-refractivity contribution in [2.45, 2.75) is 0 Å². The number of amides is 2. The van der Waals surface area contributed by atoms with Crippen molar-refractivity contribution in [3.05, 3.63) is 30.1 Å². The molecule has 2 rings (SSSR count). The second-order valence-electron chi connectivity index (χ2n) is 3.63. The Hall–Kier alpha value is -1.78. The van der Waals surface area contributed by atoms with Crippen LogP contribution in [0.4, 0.5) is 14.9 Å². The molecule has 1 saturated heterocycles. The van der Waals surface area contributed by atoms with Gasteiger partial charge in [0.15, 0.2) is 0 Å². The second-order valence-corrected chi connectivity index (χ2v) is 3.63. The summed E-state index contributed by atoms with van der Waals surface area (Å²) in [6.45, 7) is 2.55. The standard InChI is InChI=1S/C11H14FN3O/c12-9-3-1-2-4-10(9)13-5-7-15-8-6-14-11(15)16/h1-4,13H,5-8H2,(H,14,16). The largest absolute Gasteiger partial charge is 0.381 e. The molecular formula is C11H14FN3O. The molecule has 4 nitrogen and oxygen atoms in total. The van der Waals surface area contributed by atoms with Gasteiger partial charge in [-0.05, 0) is 12.1 Å². The average Bonchev–Trinajstić information content (AvgIpc) is 2.67. The van der Waals surface area contributed by atoms with E-state index in [1.165, 1.54) is 6.07 Å². The minimum absolute atomic E-state index is 0.0460. The average molecular weight is 223 g/mol. The third-order valence-corrected chi connectivity index (χ3v) is 2.52. The van der Waals surface area contributed by atoms with Gasteiger partial charge in [-0.25, -0.2) is 9.18 Å². The van der Waals surface area contributed by atoms with Crippen molar-refractivity contribution in [2.75, 3.05) is 31.5 Å². The number of nitrogens with zero attached hydrogens (tertiary/aromatic N) is 1. The number of hydrogen-bond acceptors (Lipinski definition) is 2. The first-order chi connectivity index (χ1) is 7.77. The fraction of sp³-hybridized carbons (Fsp3) is 0.364. The minimum Gasteiger partial charge on any atom is -0.381 e. The second kappa shape index (κ2) is 4.83. The molecular weight excluding hydrogens is 209 g/mol. The van der Waals surface area contributed by atoms with Crippen LogP contribution in [0.15, 0.2) is 24.3 Å². The summed E-state index contributed by atoms with van der Waals surface area (Å²) in [4.78, 5) is 12.9. The maximum Gasteiger partial charge on any atom is 0.317 e. The van der Waals surface area contributed by atoms with Gasteiger partial charge in [-0.1, -0.05) is 12.1 Å². The zero-order valence-electron chi connectivity index (χ0n) is 8.87. The first-order valence-corrected chi connectivity index (χ1v) is 5.28. The smallest absolute Gasteiger partial charge is 0.317 e. The summed E-state index contributed by atoms with van der Waals surface area (Å²) in [6.07, 6.45) is 0. The molecule has 2 amide bonds. The van der Waals surface area contributed by atoms with Crippen LogP contribution in [-0.2, 0) is 0 Å². The van der Waals surface area contributed by atoms with Gasteiger partial charge in [-0.2, -0.15) is 0 Å². The molecule has 0 spiro atoms. The van der Waals surface area contributed by atoms with E-state index in [1.807, 2.05) is 0 Å². The molecule has 1 aliphatic rings. The van der Waals surface area contributed by atoms with E-state index in [-0.39, 0.29) is 11.8 Å². The van der Waals surface area contributed by atoms with E-state index in [2.05, 4.69) is 10.6 Å². The molecule has 0 aliphatic carbocycles. The predicted molar refractivity (Wildman–Crippen MR) is 59.9 cm³/mol. The lowest BCUT2D eigenvalue weighted by molar-refractivity contribution is 0.219. The number of urea groups is 1. The van der Waals surface area contributed by atoms with Crippen LogP contribution in [0.2, 0.25) is 0 Å². The van der Waals surface area contributed by atoms with Gasteiger partial charge in [-0.15, -0.1) is 0 Å². The SMILES string of the molecule is O=C1NCCN1CCNc1ccccc1F. The maximum absolute atomic E-state index is 13.2. The van der Waals surface area contributed by atoms with E-state index in [0.29, 0.717) is 25.3 Å². The number of halogens is 1. The van der Waals surface area contributed by atoms with Crippen LogP contribution in [0.25, 0.3) is 0 Å². The number of para-hydroxylation sites is 1. The molecule has 1 aromatic rings. The molecule has 0 atom stereocenters. The van der Waals surface area contributed by atoms with Gasteiger partial charge in [-0.3, -0.25) is 0 Å². The van der Waals surface area contributed by atoms with Crippen LogP contribution >= 0.6 is 0 Å². The highest BCUT2D eigenvalue weighted by atomic mass is 19.1. The van der Waals surface area contributed by atoms with Crippen molar-refractivity contribution in [1.82, 2.24) is 10.2 Å². The molecule has 0 radical (unpaired) electrons. The van der Waals surface area contributed by atoms with Crippen LogP contribution < -0.4 is 10.6 Å². The van der Waals surface area contributed by atoms with Crippen molar-refractivity contribution in [1.29, 1.82) is 0 Å². The highest BCUT2D eigenvalue weighted by molar-refractivity contribution is 5.76. The minimum atomic E-state index is -0.270. The van der Waals surface area contributed by atoms with Gasteiger partial charge in [0.25, 0.3) is 0 Å². The number of rotatable bonds is 4. The zero-order valence-corrected chi connectivity index (χ0v) is 8.87. The van der Waals surface area contributed by atoms with E-state index >= 15 is 0 Å². The Morgan fingerprint density at radius 2 is 2.25 bits per heavy atom. The Kier molecular flexibility index (Phi) is 3.24. The van der Waals surface area contributed by atoms with Crippen molar-refractivity contribution in [3.8, 4) is 0 Å². The van der Waals surface area contributed by atoms with Gasteiger partial charge < -0.3 is 15.5 Å². The van der Waals surface area contributed by atoms with Crippen molar-refractivity contribution in [3.63, 3.8) is 0 Å². The van der Waals surface area contributed by atoms with Crippen molar-refractivity contribution >= 4 is 11.7 Å². The van der Waals surface area contributed by atoms with E-state index in [4.69, 9.17) is 0 Å². The Morgan fingerprint density at radius 3 is 2.94 bits per heavy atom. The number of carbonyl (C=O) groups is 1. The first-order valence-electron chi connectivity index (χ1n) is 5.28. The number of benzene rings is 1. The summed E-state index contributed by atoms with van der Waals surface area (Å²) in [5.74, 6) is -0.270. The quantitative estimate of drug-likeness (QED) is 0.807. The topological polar surface area (TPSA) is 44.4 Å².